The molecule has 4 heteroatoms. The highest BCUT2D eigenvalue weighted by Gasteiger charge is 2.22. The van der Waals surface area contributed by atoms with Crippen molar-refractivity contribution in [1.29, 1.82) is 5.26 Å². The molecule has 0 bridgehead atoms. The second kappa shape index (κ2) is 3.50. The fraction of sp³-hybridized carbons (Fsp3) is 0.400. The van der Waals surface area contributed by atoms with Crippen LogP contribution < -0.4 is 5.63 Å². The standard InChI is InChI=1S/C10H9NO2S/c1-14-9-6-3-2-4-8(6)13-10(12)7(9)5-11/h2-4H2,1H3. The van der Waals surface area contributed by atoms with Crippen LogP contribution in [0.1, 0.15) is 23.3 Å². The summed E-state index contributed by atoms with van der Waals surface area (Å²) < 4.78 is 5.09. The molecule has 0 amide bonds. The highest BCUT2D eigenvalue weighted by atomic mass is 32.2. The minimum Gasteiger partial charge on any atom is -0.427 e. The van der Waals surface area contributed by atoms with Gasteiger partial charge in [0.1, 0.15) is 11.8 Å². The lowest BCUT2D eigenvalue weighted by Crippen LogP contribution is -2.09. The van der Waals surface area contributed by atoms with E-state index in [0.717, 1.165) is 35.5 Å². The Labute approximate surface area is 85.7 Å². The van der Waals surface area contributed by atoms with Crippen LogP contribution >= 0.6 is 11.8 Å². The summed E-state index contributed by atoms with van der Waals surface area (Å²) >= 11 is 1.46. The first-order valence-electron chi connectivity index (χ1n) is 4.41. The lowest BCUT2D eigenvalue weighted by molar-refractivity contribution is 0.460. The number of fused-ring (bicyclic) bond motifs is 1. The van der Waals surface area contributed by atoms with Gasteiger partial charge in [-0.3, -0.25) is 0 Å². The molecule has 1 aromatic rings. The summed E-state index contributed by atoms with van der Waals surface area (Å²) in [4.78, 5) is 12.2. The first kappa shape index (κ1) is 9.35. The molecule has 3 nitrogen and oxygen atoms in total. The minimum atomic E-state index is -0.488. The minimum absolute atomic E-state index is 0.165. The SMILES string of the molecule is CSc1c2c(oc(=O)c1C#N)CCC2. The summed E-state index contributed by atoms with van der Waals surface area (Å²) in [6.45, 7) is 0. The Morgan fingerprint density at radius 3 is 2.93 bits per heavy atom. The van der Waals surface area contributed by atoms with Gasteiger partial charge >= 0.3 is 5.63 Å². The van der Waals surface area contributed by atoms with E-state index in [2.05, 4.69) is 0 Å². The van der Waals surface area contributed by atoms with Crippen LogP contribution in [0.4, 0.5) is 0 Å². The number of aryl methyl sites for hydroxylation is 1. The third-order valence-electron chi connectivity index (χ3n) is 2.40. The fourth-order valence-electron chi connectivity index (χ4n) is 1.80. The largest absolute Gasteiger partial charge is 0.427 e. The van der Waals surface area contributed by atoms with Crippen LogP contribution in [0.3, 0.4) is 0 Å². The molecule has 0 spiro atoms. The molecule has 0 atom stereocenters. The lowest BCUT2D eigenvalue weighted by atomic mass is 10.2. The van der Waals surface area contributed by atoms with E-state index >= 15 is 0 Å². The fourth-order valence-corrected chi connectivity index (χ4v) is 2.59. The van der Waals surface area contributed by atoms with Crippen LogP contribution in [0.5, 0.6) is 0 Å². The molecule has 2 rings (SSSR count). The molecule has 14 heavy (non-hydrogen) atoms. The molecule has 0 aliphatic heterocycles. The van der Waals surface area contributed by atoms with Crippen molar-refractivity contribution in [2.75, 3.05) is 6.26 Å². The van der Waals surface area contributed by atoms with Crippen LogP contribution in [0.2, 0.25) is 0 Å². The Morgan fingerprint density at radius 2 is 2.29 bits per heavy atom. The van der Waals surface area contributed by atoms with Crippen LogP contribution in [0, 0.1) is 11.3 Å². The molecule has 0 N–H and O–H groups in total. The van der Waals surface area contributed by atoms with Crippen LogP contribution in [0.25, 0.3) is 0 Å². The van der Waals surface area contributed by atoms with Crippen molar-refractivity contribution >= 4 is 11.8 Å². The summed E-state index contributed by atoms with van der Waals surface area (Å²) in [7, 11) is 0. The monoisotopic (exact) mass is 207 g/mol. The average Bonchev–Trinajstić information content (AvgIpc) is 2.62. The number of nitriles is 1. The lowest BCUT2D eigenvalue weighted by Gasteiger charge is -2.04. The van der Waals surface area contributed by atoms with E-state index in [1.807, 2.05) is 12.3 Å². The highest BCUT2D eigenvalue weighted by Crippen LogP contribution is 2.31. The van der Waals surface area contributed by atoms with Gasteiger partial charge in [-0.25, -0.2) is 4.79 Å². The number of hydrogen-bond acceptors (Lipinski definition) is 4. The average molecular weight is 207 g/mol. The highest BCUT2D eigenvalue weighted by molar-refractivity contribution is 7.98. The van der Waals surface area contributed by atoms with E-state index in [1.54, 1.807) is 0 Å². The molecule has 1 aliphatic rings. The van der Waals surface area contributed by atoms with E-state index in [9.17, 15) is 4.79 Å². The topological polar surface area (TPSA) is 54.0 Å². The maximum Gasteiger partial charge on any atom is 0.355 e. The van der Waals surface area contributed by atoms with Gasteiger partial charge in [-0.15, -0.1) is 11.8 Å². The van der Waals surface area contributed by atoms with Gasteiger partial charge in [-0.05, 0) is 19.1 Å². The van der Waals surface area contributed by atoms with Crippen molar-refractivity contribution in [2.45, 2.75) is 24.2 Å². The second-order valence-corrected chi connectivity index (χ2v) is 3.98. The first-order chi connectivity index (χ1) is 6.77. The van der Waals surface area contributed by atoms with Gasteiger partial charge in [0.25, 0.3) is 0 Å². The third-order valence-corrected chi connectivity index (χ3v) is 3.26. The zero-order valence-corrected chi connectivity index (χ0v) is 8.61. The summed E-state index contributed by atoms with van der Waals surface area (Å²) in [5, 5.41) is 8.84. The maximum atomic E-state index is 11.4. The molecular weight excluding hydrogens is 198 g/mol. The van der Waals surface area contributed by atoms with E-state index in [1.165, 1.54) is 11.8 Å². The quantitative estimate of drug-likeness (QED) is 0.658. The predicted molar refractivity (Wildman–Crippen MR) is 53.5 cm³/mol. The Kier molecular flexibility index (Phi) is 2.34. The molecule has 0 fully saturated rings. The van der Waals surface area contributed by atoms with Gasteiger partial charge in [0.2, 0.25) is 0 Å². The van der Waals surface area contributed by atoms with Crippen LogP contribution in [0.15, 0.2) is 14.1 Å². The van der Waals surface area contributed by atoms with Gasteiger partial charge in [0, 0.05) is 16.9 Å². The van der Waals surface area contributed by atoms with Gasteiger partial charge < -0.3 is 4.42 Å². The number of thioether (sulfide) groups is 1. The van der Waals surface area contributed by atoms with Gasteiger partial charge in [-0.2, -0.15) is 5.26 Å². The molecule has 0 unspecified atom stereocenters. The van der Waals surface area contributed by atoms with E-state index < -0.39 is 5.63 Å². The molecule has 0 saturated heterocycles. The number of nitrogens with zero attached hydrogens (tertiary/aromatic N) is 1. The summed E-state index contributed by atoms with van der Waals surface area (Å²) in [6.07, 6.45) is 4.64. The molecular formula is C10H9NO2S. The van der Waals surface area contributed by atoms with Crippen LogP contribution in [-0.2, 0) is 12.8 Å². The predicted octanol–water partition coefficient (Wildman–Crippen LogP) is 1.72. The molecule has 0 radical (unpaired) electrons. The van der Waals surface area contributed by atoms with Gasteiger partial charge in [0.15, 0.2) is 5.56 Å². The smallest absolute Gasteiger partial charge is 0.355 e. The summed E-state index contributed by atoms with van der Waals surface area (Å²) in [6, 6.07) is 1.92. The Balaban J connectivity index is 2.77. The third kappa shape index (κ3) is 1.25. The van der Waals surface area contributed by atoms with Crippen molar-refractivity contribution in [3.63, 3.8) is 0 Å². The number of hydrogen-bond donors (Lipinski definition) is 0. The Hall–Kier alpha value is -1.21. The Bertz CT molecular complexity index is 470. The van der Waals surface area contributed by atoms with Gasteiger partial charge in [-0.1, -0.05) is 0 Å². The van der Waals surface area contributed by atoms with Crippen molar-refractivity contribution in [2.24, 2.45) is 0 Å². The molecule has 1 aromatic heterocycles. The zero-order chi connectivity index (χ0) is 10.1. The first-order valence-corrected chi connectivity index (χ1v) is 5.63. The van der Waals surface area contributed by atoms with E-state index in [0.29, 0.717) is 0 Å². The molecule has 1 heterocycles. The second-order valence-electron chi connectivity index (χ2n) is 3.16. The molecule has 0 saturated carbocycles. The van der Waals surface area contributed by atoms with Crippen molar-refractivity contribution < 1.29 is 4.42 Å². The summed E-state index contributed by atoms with van der Waals surface area (Å²) in [5.74, 6) is 0.776. The maximum absolute atomic E-state index is 11.4. The zero-order valence-electron chi connectivity index (χ0n) is 7.79. The summed E-state index contributed by atoms with van der Waals surface area (Å²) in [5.41, 5.74) is 0.740. The number of rotatable bonds is 1. The molecule has 1 aliphatic carbocycles. The van der Waals surface area contributed by atoms with E-state index in [-0.39, 0.29) is 5.56 Å². The van der Waals surface area contributed by atoms with Crippen molar-refractivity contribution in [1.82, 2.24) is 0 Å². The van der Waals surface area contributed by atoms with Crippen molar-refractivity contribution in [3.8, 4) is 6.07 Å². The normalized spacial score (nSPS) is 13.7. The molecule has 72 valence electrons. The Morgan fingerprint density at radius 1 is 1.50 bits per heavy atom. The van der Waals surface area contributed by atoms with Crippen molar-refractivity contribution in [3.05, 3.63) is 27.3 Å². The van der Waals surface area contributed by atoms with Gasteiger partial charge in [0.05, 0.1) is 0 Å². The van der Waals surface area contributed by atoms with E-state index in [4.69, 9.17) is 9.68 Å². The molecule has 0 aromatic carbocycles. The van der Waals surface area contributed by atoms with Crippen LogP contribution in [-0.4, -0.2) is 6.26 Å².